The fraction of sp³-hybridized carbons (Fsp3) is 0.176. The van der Waals surface area contributed by atoms with E-state index in [1.54, 1.807) is 7.11 Å². The first-order valence-electron chi connectivity index (χ1n) is 7.05. The molecule has 0 spiro atoms. The van der Waals surface area contributed by atoms with Crippen LogP contribution < -0.4 is 10.1 Å². The van der Waals surface area contributed by atoms with Gasteiger partial charge in [-0.25, -0.2) is 4.98 Å². The van der Waals surface area contributed by atoms with E-state index < -0.39 is 0 Å². The Labute approximate surface area is 143 Å². The Balaban J connectivity index is 1.73. The number of rotatable bonds is 4. The lowest BCUT2D eigenvalue weighted by atomic mass is 10.1. The minimum absolute atomic E-state index is 0.0991. The van der Waals surface area contributed by atoms with Gasteiger partial charge in [-0.1, -0.05) is 35.1 Å². The maximum atomic E-state index is 12.2. The Bertz CT molecular complexity index is 859. The second kappa shape index (κ2) is 6.56. The molecule has 0 saturated heterocycles. The normalized spacial score (nSPS) is 10.7. The molecular weight excluding hydrogens is 332 g/mol. The number of halogens is 1. The van der Waals surface area contributed by atoms with Crippen molar-refractivity contribution >= 4 is 44.2 Å². The number of amides is 1. The number of ether oxygens (including phenoxy) is 1. The van der Waals surface area contributed by atoms with Crippen LogP contribution in [0.3, 0.4) is 0 Å². The maximum Gasteiger partial charge on any atom is 0.230 e. The van der Waals surface area contributed by atoms with Gasteiger partial charge in [-0.2, -0.15) is 0 Å². The highest BCUT2D eigenvalue weighted by atomic mass is 35.5. The summed E-state index contributed by atoms with van der Waals surface area (Å²) in [7, 11) is 1.61. The summed E-state index contributed by atoms with van der Waals surface area (Å²) in [5.41, 5.74) is 2.68. The number of fused-ring (bicyclic) bond motifs is 1. The zero-order valence-corrected chi connectivity index (χ0v) is 14.3. The lowest BCUT2D eigenvalue weighted by Crippen LogP contribution is -2.14. The number of nitrogens with one attached hydrogen (secondary N) is 1. The van der Waals surface area contributed by atoms with Gasteiger partial charge in [-0.15, -0.1) is 0 Å². The average molecular weight is 347 g/mol. The molecule has 1 N–H and O–H groups in total. The standard InChI is InChI=1S/C17H15ClN2O2S/c1-10-13(18)7-8-14-16(10)20-17(23-14)19-15(21)9-11-3-5-12(22-2)6-4-11/h3-8H,9H2,1-2H3,(H,19,20,21). The molecule has 4 nitrogen and oxygen atoms in total. The van der Waals surface area contributed by atoms with Gasteiger partial charge in [0.2, 0.25) is 5.91 Å². The summed E-state index contributed by atoms with van der Waals surface area (Å²) in [6, 6.07) is 11.2. The third-order valence-corrected chi connectivity index (χ3v) is 4.86. The second-order valence-electron chi connectivity index (χ2n) is 5.11. The molecule has 1 heterocycles. The largest absolute Gasteiger partial charge is 0.497 e. The van der Waals surface area contributed by atoms with Gasteiger partial charge < -0.3 is 10.1 Å². The van der Waals surface area contributed by atoms with Crippen LogP contribution in [0.5, 0.6) is 5.75 Å². The van der Waals surface area contributed by atoms with E-state index in [1.807, 2.05) is 43.3 Å². The van der Waals surface area contributed by atoms with Crippen LogP contribution in [0, 0.1) is 6.92 Å². The quantitative estimate of drug-likeness (QED) is 0.759. The molecule has 0 unspecified atom stereocenters. The first-order chi connectivity index (χ1) is 11.1. The SMILES string of the molecule is COc1ccc(CC(=O)Nc2nc3c(C)c(Cl)ccc3s2)cc1. The molecule has 3 rings (SSSR count). The first-order valence-corrected chi connectivity index (χ1v) is 8.24. The molecule has 0 aliphatic carbocycles. The Hall–Kier alpha value is -2.11. The van der Waals surface area contributed by atoms with Gasteiger partial charge in [0.1, 0.15) is 5.75 Å². The van der Waals surface area contributed by atoms with Crippen molar-refractivity contribution in [1.82, 2.24) is 4.98 Å². The summed E-state index contributed by atoms with van der Waals surface area (Å²) in [5, 5.41) is 4.12. The highest BCUT2D eigenvalue weighted by Crippen LogP contribution is 2.31. The molecule has 0 radical (unpaired) electrons. The molecular formula is C17H15ClN2O2S. The van der Waals surface area contributed by atoms with Crippen LogP contribution in [0.4, 0.5) is 5.13 Å². The van der Waals surface area contributed by atoms with E-state index >= 15 is 0 Å². The molecule has 0 bridgehead atoms. The summed E-state index contributed by atoms with van der Waals surface area (Å²) in [6.07, 6.45) is 0.291. The monoisotopic (exact) mass is 346 g/mol. The Morgan fingerprint density at radius 2 is 2.00 bits per heavy atom. The van der Waals surface area contributed by atoms with E-state index in [0.29, 0.717) is 16.6 Å². The molecule has 0 saturated carbocycles. The highest BCUT2D eigenvalue weighted by molar-refractivity contribution is 7.22. The number of hydrogen-bond donors (Lipinski definition) is 1. The van der Waals surface area contributed by atoms with Crippen LogP contribution in [-0.4, -0.2) is 18.0 Å². The van der Waals surface area contributed by atoms with Gasteiger partial charge in [0, 0.05) is 5.02 Å². The van der Waals surface area contributed by atoms with Crippen LogP contribution in [0.15, 0.2) is 36.4 Å². The number of hydrogen-bond acceptors (Lipinski definition) is 4. The van der Waals surface area contributed by atoms with Crippen molar-refractivity contribution in [2.24, 2.45) is 0 Å². The number of carbonyl (C=O) groups excluding carboxylic acids is 1. The number of anilines is 1. The van der Waals surface area contributed by atoms with Crippen molar-refractivity contribution in [3.8, 4) is 5.75 Å². The molecule has 2 aromatic carbocycles. The third kappa shape index (κ3) is 3.46. The molecule has 0 aliphatic rings. The summed E-state index contributed by atoms with van der Waals surface area (Å²) in [6.45, 7) is 1.92. The molecule has 1 aromatic heterocycles. The zero-order valence-electron chi connectivity index (χ0n) is 12.7. The van der Waals surface area contributed by atoms with Crippen LogP contribution >= 0.6 is 22.9 Å². The van der Waals surface area contributed by atoms with Crippen molar-refractivity contribution in [2.45, 2.75) is 13.3 Å². The topological polar surface area (TPSA) is 51.2 Å². The number of aromatic nitrogens is 1. The van der Waals surface area contributed by atoms with Crippen molar-refractivity contribution < 1.29 is 9.53 Å². The summed E-state index contributed by atoms with van der Waals surface area (Å²) in [5.74, 6) is 0.672. The molecule has 3 aromatic rings. The van der Waals surface area contributed by atoms with Gasteiger partial charge in [0.15, 0.2) is 5.13 Å². The smallest absolute Gasteiger partial charge is 0.230 e. The molecule has 0 aliphatic heterocycles. The number of methoxy groups -OCH3 is 1. The van der Waals surface area contributed by atoms with Crippen LogP contribution in [0.1, 0.15) is 11.1 Å². The van der Waals surface area contributed by atoms with E-state index in [4.69, 9.17) is 16.3 Å². The molecule has 0 atom stereocenters. The van der Waals surface area contributed by atoms with Gasteiger partial charge in [-0.3, -0.25) is 4.79 Å². The predicted molar refractivity (Wildman–Crippen MR) is 94.7 cm³/mol. The lowest BCUT2D eigenvalue weighted by Gasteiger charge is -2.03. The van der Waals surface area contributed by atoms with E-state index in [9.17, 15) is 4.79 Å². The number of nitrogens with zero attached hydrogens (tertiary/aromatic N) is 1. The van der Waals surface area contributed by atoms with Gasteiger partial charge in [0.05, 0.1) is 23.7 Å². The predicted octanol–water partition coefficient (Wildman–Crippen LogP) is 4.45. The molecule has 1 amide bonds. The van der Waals surface area contributed by atoms with Crippen LogP contribution in [0.2, 0.25) is 5.02 Å². The Kier molecular flexibility index (Phi) is 4.50. The van der Waals surface area contributed by atoms with Crippen molar-refractivity contribution in [3.63, 3.8) is 0 Å². The van der Waals surface area contributed by atoms with E-state index in [0.717, 1.165) is 27.1 Å². The second-order valence-corrected chi connectivity index (χ2v) is 6.55. The van der Waals surface area contributed by atoms with E-state index in [2.05, 4.69) is 10.3 Å². The number of thiazole rings is 1. The Morgan fingerprint density at radius 1 is 1.26 bits per heavy atom. The van der Waals surface area contributed by atoms with Gasteiger partial charge in [0.25, 0.3) is 0 Å². The average Bonchev–Trinajstić information content (AvgIpc) is 2.95. The van der Waals surface area contributed by atoms with Gasteiger partial charge in [-0.05, 0) is 42.3 Å². The number of carbonyl (C=O) groups is 1. The summed E-state index contributed by atoms with van der Waals surface area (Å²) >= 11 is 7.55. The number of benzene rings is 2. The molecule has 23 heavy (non-hydrogen) atoms. The number of aryl methyl sites for hydroxylation is 1. The fourth-order valence-corrected chi connectivity index (χ4v) is 3.34. The van der Waals surface area contributed by atoms with Crippen molar-refractivity contribution in [3.05, 3.63) is 52.5 Å². The van der Waals surface area contributed by atoms with Crippen LogP contribution in [-0.2, 0) is 11.2 Å². The third-order valence-electron chi connectivity index (χ3n) is 3.52. The van der Waals surface area contributed by atoms with Crippen molar-refractivity contribution in [1.29, 1.82) is 0 Å². The fourth-order valence-electron chi connectivity index (χ4n) is 2.25. The summed E-state index contributed by atoms with van der Waals surface area (Å²) in [4.78, 5) is 16.6. The zero-order chi connectivity index (χ0) is 16.4. The summed E-state index contributed by atoms with van der Waals surface area (Å²) < 4.78 is 6.11. The van der Waals surface area contributed by atoms with Crippen LogP contribution in [0.25, 0.3) is 10.2 Å². The van der Waals surface area contributed by atoms with Crippen molar-refractivity contribution in [2.75, 3.05) is 12.4 Å². The van der Waals surface area contributed by atoms with E-state index in [-0.39, 0.29) is 5.91 Å². The van der Waals surface area contributed by atoms with E-state index in [1.165, 1.54) is 11.3 Å². The maximum absolute atomic E-state index is 12.2. The van der Waals surface area contributed by atoms with Gasteiger partial charge >= 0.3 is 0 Å². The molecule has 6 heteroatoms. The molecule has 0 fully saturated rings. The molecule has 118 valence electrons. The Morgan fingerprint density at radius 3 is 2.70 bits per heavy atom. The highest BCUT2D eigenvalue weighted by Gasteiger charge is 2.11. The minimum Gasteiger partial charge on any atom is -0.497 e. The minimum atomic E-state index is -0.0991. The lowest BCUT2D eigenvalue weighted by molar-refractivity contribution is -0.115. The first kappa shape index (κ1) is 15.8.